The summed E-state index contributed by atoms with van der Waals surface area (Å²) in [6, 6.07) is 19.6. The summed E-state index contributed by atoms with van der Waals surface area (Å²) in [5.41, 5.74) is 0.280. The third-order valence-corrected chi connectivity index (χ3v) is 7.59. The summed E-state index contributed by atoms with van der Waals surface area (Å²) in [5.74, 6) is 0.906. The summed E-state index contributed by atoms with van der Waals surface area (Å²) in [4.78, 5) is 15.2. The standard InChI is InChI=1S/C26H32N2O5S/c1-26(2,3)28(34(30,31)24-14-12-22(32-4)13-15-24)20-25(29)27(19-23-11-8-18-33-23)17-16-21-9-6-5-7-10-21/h5-15,18H,16-17,19-20H2,1-4H3. The number of hydrogen-bond donors (Lipinski definition) is 0. The summed E-state index contributed by atoms with van der Waals surface area (Å²) in [5, 5.41) is 0. The first-order valence-corrected chi connectivity index (χ1v) is 12.6. The number of benzene rings is 2. The Balaban J connectivity index is 1.85. The second-order valence-electron chi connectivity index (χ2n) is 8.99. The summed E-state index contributed by atoms with van der Waals surface area (Å²) in [7, 11) is -2.41. The molecular formula is C26H32N2O5S. The topological polar surface area (TPSA) is 80.1 Å². The average Bonchev–Trinajstić information content (AvgIpc) is 3.33. The largest absolute Gasteiger partial charge is 0.497 e. The van der Waals surface area contributed by atoms with Crippen LogP contribution < -0.4 is 4.74 Å². The van der Waals surface area contributed by atoms with E-state index in [1.54, 1.807) is 56.2 Å². The fraction of sp³-hybridized carbons (Fsp3) is 0.346. The van der Waals surface area contributed by atoms with Gasteiger partial charge in [0.1, 0.15) is 11.5 Å². The van der Waals surface area contributed by atoms with Gasteiger partial charge in [0.2, 0.25) is 15.9 Å². The Bertz CT molecular complexity index is 1150. The molecule has 0 saturated heterocycles. The maximum Gasteiger partial charge on any atom is 0.244 e. The van der Waals surface area contributed by atoms with Crippen molar-refractivity contribution in [2.45, 2.75) is 44.2 Å². The Morgan fingerprint density at radius 1 is 0.971 bits per heavy atom. The van der Waals surface area contributed by atoms with Crippen LogP contribution in [0.4, 0.5) is 0 Å². The lowest BCUT2D eigenvalue weighted by molar-refractivity contribution is -0.133. The van der Waals surface area contributed by atoms with E-state index < -0.39 is 15.6 Å². The lowest BCUT2D eigenvalue weighted by atomic mass is 10.1. The average molecular weight is 485 g/mol. The molecule has 0 aliphatic rings. The van der Waals surface area contributed by atoms with Gasteiger partial charge in [0.15, 0.2) is 0 Å². The Morgan fingerprint density at radius 2 is 1.65 bits per heavy atom. The van der Waals surface area contributed by atoms with E-state index in [9.17, 15) is 13.2 Å². The van der Waals surface area contributed by atoms with Crippen LogP contribution in [0.25, 0.3) is 0 Å². The zero-order valence-corrected chi connectivity index (χ0v) is 20.9. The van der Waals surface area contributed by atoms with Crippen LogP contribution in [0.3, 0.4) is 0 Å². The van der Waals surface area contributed by atoms with Crippen molar-refractivity contribution in [3.63, 3.8) is 0 Å². The first-order valence-electron chi connectivity index (χ1n) is 11.1. The number of carbonyl (C=O) groups is 1. The summed E-state index contributed by atoms with van der Waals surface area (Å²) >= 11 is 0. The summed E-state index contributed by atoms with van der Waals surface area (Å²) in [6.07, 6.45) is 2.21. The second kappa shape index (κ2) is 10.9. The predicted octanol–water partition coefficient (Wildman–Crippen LogP) is 4.35. The minimum Gasteiger partial charge on any atom is -0.497 e. The lowest BCUT2D eigenvalue weighted by Crippen LogP contribution is -2.51. The van der Waals surface area contributed by atoms with Gasteiger partial charge in [-0.15, -0.1) is 0 Å². The molecule has 0 unspecified atom stereocenters. The number of rotatable bonds is 10. The monoisotopic (exact) mass is 484 g/mol. The van der Waals surface area contributed by atoms with Gasteiger partial charge in [-0.2, -0.15) is 4.31 Å². The van der Waals surface area contributed by atoms with Crippen molar-refractivity contribution >= 4 is 15.9 Å². The molecule has 1 amide bonds. The molecule has 3 rings (SSSR count). The van der Waals surface area contributed by atoms with Crippen LogP contribution in [0, 0.1) is 0 Å². The second-order valence-corrected chi connectivity index (χ2v) is 10.9. The van der Waals surface area contributed by atoms with Gasteiger partial charge in [-0.1, -0.05) is 30.3 Å². The molecule has 3 aromatic rings. The summed E-state index contributed by atoms with van der Waals surface area (Å²) < 4.78 is 38.9. The molecule has 1 aromatic heterocycles. The first-order chi connectivity index (χ1) is 16.1. The minimum atomic E-state index is -3.93. The molecule has 0 bridgehead atoms. The smallest absolute Gasteiger partial charge is 0.244 e. The van der Waals surface area contributed by atoms with Crippen LogP contribution >= 0.6 is 0 Å². The molecule has 0 aliphatic heterocycles. The molecule has 0 fully saturated rings. The van der Waals surface area contributed by atoms with E-state index in [1.165, 1.54) is 23.5 Å². The van der Waals surface area contributed by atoms with Crippen LogP contribution in [0.1, 0.15) is 32.1 Å². The Morgan fingerprint density at radius 3 is 2.21 bits per heavy atom. The van der Waals surface area contributed by atoms with Gasteiger partial charge in [0.25, 0.3) is 0 Å². The molecule has 34 heavy (non-hydrogen) atoms. The van der Waals surface area contributed by atoms with Crippen LogP contribution in [-0.2, 0) is 27.8 Å². The number of carbonyl (C=O) groups excluding carboxylic acids is 1. The maximum atomic E-state index is 13.5. The van der Waals surface area contributed by atoms with Gasteiger partial charge in [0, 0.05) is 12.1 Å². The van der Waals surface area contributed by atoms with E-state index >= 15 is 0 Å². The molecule has 0 spiro atoms. The Hall–Kier alpha value is -3.10. The number of ether oxygens (including phenoxy) is 1. The number of furan rings is 1. The summed E-state index contributed by atoms with van der Waals surface area (Å²) in [6.45, 7) is 5.75. The molecule has 1 heterocycles. The molecule has 0 saturated carbocycles. The number of hydrogen-bond acceptors (Lipinski definition) is 5. The van der Waals surface area contributed by atoms with Crippen LogP contribution in [0.2, 0.25) is 0 Å². The van der Waals surface area contributed by atoms with Gasteiger partial charge in [-0.3, -0.25) is 4.79 Å². The third-order valence-electron chi connectivity index (χ3n) is 5.47. The van der Waals surface area contributed by atoms with Gasteiger partial charge in [0.05, 0.1) is 31.4 Å². The molecule has 0 radical (unpaired) electrons. The molecule has 7 nitrogen and oxygen atoms in total. The minimum absolute atomic E-state index is 0.109. The van der Waals surface area contributed by atoms with E-state index in [-0.39, 0.29) is 23.9 Å². The number of nitrogens with zero attached hydrogens (tertiary/aromatic N) is 2. The molecular weight excluding hydrogens is 452 g/mol. The molecule has 2 aromatic carbocycles. The quantitative estimate of drug-likeness (QED) is 0.427. The Labute approximate surface area is 202 Å². The molecule has 182 valence electrons. The van der Waals surface area contributed by atoms with Crippen molar-refractivity contribution in [2.75, 3.05) is 20.2 Å². The highest BCUT2D eigenvalue weighted by Crippen LogP contribution is 2.26. The van der Waals surface area contributed by atoms with Crippen molar-refractivity contribution in [3.8, 4) is 5.75 Å². The van der Waals surface area contributed by atoms with Crippen molar-refractivity contribution in [1.82, 2.24) is 9.21 Å². The van der Waals surface area contributed by atoms with Crippen LogP contribution in [-0.4, -0.2) is 49.3 Å². The van der Waals surface area contributed by atoms with E-state index in [0.29, 0.717) is 24.5 Å². The zero-order chi connectivity index (χ0) is 24.8. The van der Waals surface area contributed by atoms with Gasteiger partial charge >= 0.3 is 0 Å². The van der Waals surface area contributed by atoms with Gasteiger partial charge < -0.3 is 14.1 Å². The maximum absolute atomic E-state index is 13.5. The third kappa shape index (κ3) is 6.48. The Kier molecular flexibility index (Phi) is 8.17. The van der Waals surface area contributed by atoms with Crippen LogP contribution in [0.15, 0.2) is 82.3 Å². The fourth-order valence-corrected chi connectivity index (χ4v) is 5.31. The fourth-order valence-electron chi connectivity index (χ4n) is 3.57. The van der Waals surface area contributed by atoms with Crippen LogP contribution in [0.5, 0.6) is 5.75 Å². The number of methoxy groups -OCH3 is 1. The van der Waals surface area contributed by atoms with Crippen molar-refractivity contribution in [3.05, 3.63) is 84.3 Å². The van der Waals surface area contributed by atoms with E-state index in [4.69, 9.17) is 9.15 Å². The van der Waals surface area contributed by atoms with Crippen molar-refractivity contribution < 1.29 is 22.4 Å². The van der Waals surface area contributed by atoms with E-state index in [1.807, 2.05) is 30.3 Å². The van der Waals surface area contributed by atoms with Crippen molar-refractivity contribution in [1.29, 1.82) is 0 Å². The normalized spacial score (nSPS) is 12.0. The lowest BCUT2D eigenvalue weighted by Gasteiger charge is -2.35. The zero-order valence-electron chi connectivity index (χ0n) is 20.1. The highest BCUT2D eigenvalue weighted by atomic mass is 32.2. The van der Waals surface area contributed by atoms with E-state index in [0.717, 1.165) is 5.56 Å². The molecule has 0 atom stereocenters. The SMILES string of the molecule is COc1ccc(S(=O)(=O)N(CC(=O)N(CCc2ccccc2)Cc2ccco2)C(C)(C)C)cc1. The van der Waals surface area contributed by atoms with Gasteiger partial charge in [-0.25, -0.2) is 8.42 Å². The highest BCUT2D eigenvalue weighted by molar-refractivity contribution is 7.89. The molecule has 8 heteroatoms. The number of sulfonamides is 1. The van der Waals surface area contributed by atoms with E-state index in [2.05, 4.69) is 0 Å². The highest BCUT2D eigenvalue weighted by Gasteiger charge is 2.36. The number of amides is 1. The van der Waals surface area contributed by atoms with Gasteiger partial charge in [-0.05, 0) is 69.2 Å². The predicted molar refractivity (Wildman–Crippen MR) is 131 cm³/mol. The molecule has 0 N–H and O–H groups in total. The van der Waals surface area contributed by atoms with Crippen molar-refractivity contribution in [2.24, 2.45) is 0 Å². The molecule has 0 aliphatic carbocycles. The first kappa shape index (κ1) is 25.5.